The van der Waals surface area contributed by atoms with Crippen LogP contribution < -0.4 is 5.32 Å². The zero-order chi connectivity index (χ0) is 11.4. The van der Waals surface area contributed by atoms with Crippen LogP contribution in [-0.2, 0) is 6.54 Å². The SMILES string of the molecule is CCC1CCCC1NCc1ccc(C#N)s1. The molecule has 86 valence electrons. The van der Waals surface area contributed by atoms with E-state index in [4.69, 9.17) is 5.26 Å². The third-order valence-corrected chi connectivity index (χ3v) is 4.48. The maximum atomic E-state index is 8.75. The molecule has 1 aliphatic rings. The highest BCUT2D eigenvalue weighted by atomic mass is 32.1. The van der Waals surface area contributed by atoms with Crippen molar-refractivity contribution in [1.29, 1.82) is 5.26 Å². The fraction of sp³-hybridized carbons (Fsp3) is 0.615. The third kappa shape index (κ3) is 2.63. The van der Waals surface area contributed by atoms with Crippen molar-refractivity contribution < 1.29 is 0 Å². The van der Waals surface area contributed by atoms with Crippen LogP contribution >= 0.6 is 11.3 Å². The third-order valence-electron chi connectivity index (χ3n) is 3.49. The molecule has 0 aliphatic heterocycles. The molecule has 0 amide bonds. The Hall–Kier alpha value is -0.850. The van der Waals surface area contributed by atoms with Gasteiger partial charge in [0.2, 0.25) is 0 Å². The van der Waals surface area contributed by atoms with Gasteiger partial charge in [-0.15, -0.1) is 11.3 Å². The van der Waals surface area contributed by atoms with Gasteiger partial charge in [-0.25, -0.2) is 0 Å². The Balaban J connectivity index is 1.85. The number of rotatable bonds is 4. The van der Waals surface area contributed by atoms with Crippen LogP contribution in [0, 0.1) is 17.2 Å². The Morgan fingerprint density at radius 3 is 3.06 bits per heavy atom. The van der Waals surface area contributed by atoms with Gasteiger partial charge in [0.25, 0.3) is 0 Å². The van der Waals surface area contributed by atoms with E-state index in [1.54, 1.807) is 11.3 Å². The van der Waals surface area contributed by atoms with E-state index in [1.807, 2.05) is 6.07 Å². The fourth-order valence-electron chi connectivity index (χ4n) is 2.56. The predicted molar refractivity (Wildman–Crippen MR) is 67.3 cm³/mol. The quantitative estimate of drug-likeness (QED) is 0.867. The topological polar surface area (TPSA) is 35.8 Å². The zero-order valence-electron chi connectivity index (χ0n) is 9.70. The summed E-state index contributed by atoms with van der Waals surface area (Å²) in [6.45, 7) is 3.21. The van der Waals surface area contributed by atoms with E-state index >= 15 is 0 Å². The van der Waals surface area contributed by atoms with Gasteiger partial charge in [0.1, 0.15) is 10.9 Å². The van der Waals surface area contributed by atoms with Crippen LogP contribution in [0.4, 0.5) is 0 Å². The minimum atomic E-state index is 0.692. The summed E-state index contributed by atoms with van der Waals surface area (Å²) in [4.78, 5) is 2.09. The normalized spacial score (nSPS) is 24.5. The number of nitrogens with zero attached hydrogens (tertiary/aromatic N) is 1. The smallest absolute Gasteiger partial charge is 0.110 e. The van der Waals surface area contributed by atoms with Gasteiger partial charge in [-0.2, -0.15) is 5.26 Å². The monoisotopic (exact) mass is 234 g/mol. The fourth-order valence-corrected chi connectivity index (χ4v) is 3.31. The van der Waals surface area contributed by atoms with Gasteiger partial charge in [-0.1, -0.05) is 19.8 Å². The first kappa shape index (κ1) is 11.6. The van der Waals surface area contributed by atoms with E-state index in [2.05, 4.69) is 24.4 Å². The van der Waals surface area contributed by atoms with Crippen LogP contribution in [0.2, 0.25) is 0 Å². The minimum Gasteiger partial charge on any atom is -0.309 e. The summed E-state index contributed by atoms with van der Waals surface area (Å²) < 4.78 is 0. The summed E-state index contributed by atoms with van der Waals surface area (Å²) in [5.74, 6) is 0.857. The largest absolute Gasteiger partial charge is 0.309 e. The summed E-state index contributed by atoms with van der Waals surface area (Å²) in [5, 5.41) is 12.4. The summed E-state index contributed by atoms with van der Waals surface area (Å²) >= 11 is 1.60. The summed E-state index contributed by atoms with van der Waals surface area (Å²) in [6, 6.07) is 6.85. The van der Waals surface area contributed by atoms with Crippen LogP contribution in [0.1, 0.15) is 42.4 Å². The molecule has 1 aromatic rings. The Kier molecular flexibility index (Phi) is 3.98. The average molecular weight is 234 g/mol. The molecule has 1 N–H and O–H groups in total. The first-order chi connectivity index (χ1) is 7.83. The van der Waals surface area contributed by atoms with E-state index in [-0.39, 0.29) is 0 Å². The number of nitrogens with one attached hydrogen (secondary N) is 1. The van der Waals surface area contributed by atoms with Crippen LogP contribution in [-0.4, -0.2) is 6.04 Å². The molecule has 1 saturated carbocycles. The van der Waals surface area contributed by atoms with Crippen molar-refractivity contribution in [3.63, 3.8) is 0 Å². The highest BCUT2D eigenvalue weighted by molar-refractivity contribution is 7.12. The maximum absolute atomic E-state index is 8.75. The minimum absolute atomic E-state index is 0.692. The van der Waals surface area contributed by atoms with Crippen molar-refractivity contribution in [2.24, 2.45) is 5.92 Å². The number of nitriles is 1. The van der Waals surface area contributed by atoms with Gasteiger partial charge in [0.15, 0.2) is 0 Å². The lowest BCUT2D eigenvalue weighted by molar-refractivity contribution is 0.390. The van der Waals surface area contributed by atoms with Gasteiger partial charge in [-0.05, 0) is 30.9 Å². The molecule has 1 heterocycles. The van der Waals surface area contributed by atoms with Crippen molar-refractivity contribution in [3.8, 4) is 6.07 Å². The molecule has 2 unspecified atom stereocenters. The number of hydrogen-bond donors (Lipinski definition) is 1. The van der Waals surface area contributed by atoms with Gasteiger partial charge in [-0.3, -0.25) is 0 Å². The highest BCUT2D eigenvalue weighted by Crippen LogP contribution is 2.28. The molecule has 3 heteroatoms. The van der Waals surface area contributed by atoms with Gasteiger partial charge < -0.3 is 5.32 Å². The van der Waals surface area contributed by atoms with E-state index in [0.29, 0.717) is 6.04 Å². The number of hydrogen-bond acceptors (Lipinski definition) is 3. The molecule has 1 fully saturated rings. The molecular formula is C13H18N2S. The lowest BCUT2D eigenvalue weighted by Crippen LogP contribution is -2.31. The van der Waals surface area contributed by atoms with E-state index in [0.717, 1.165) is 17.3 Å². The molecule has 2 rings (SSSR count). The summed E-state index contributed by atoms with van der Waals surface area (Å²) in [5.41, 5.74) is 0. The van der Waals surface area contributed by atoms with Crippen molar-refractivity contribution in [2.75, 3.05) is 0 Å². The molecule has 0 radical (unpaired) electrons. The first-order valence-corrected chi connectivity index (χ1v) is 6.87. The van der Waals surface area contributed by atoms with E-state index < -0.39 is 0 Å². The van der Waals surface area contributed by atoms with Gasteiger partial charge >= 0.3 is 0 Å². The first-order valence-electron chi connectivity index (χ1n) is 6.05. The number of thiophene rings is 1. The Labute approximate surface area is 101 Å². The second-order valence-electron chi connectivity index (χ2n) is 4.46. The molecular weight excluding hydrogens is 216 g/mol. The molecule has 0 spiro atoms. The predicted octanol–water partition coefficient (Wildman–Crippen LogP) is 3.29. The van der Waals surface area contributed by atoms with Crippen molar-refractivity contribution >= 4 is 11.3 Å². The van der Waals surface area contributed by atoms with Crippen LogP contribution in [0.15, 0.2) is 12.1 Å². The molecule has 0 aromatic carbocycles. The molecule has 2 nitrogen and oxygen atoms in total. The van der Waals surface area contributed by atoms with Gasteiger partial charge in [0.05, 0.1) is 0 Å². The summed E-state index contributed by atoms with van der Waals surface area (Å²) in [6.07, 6.45) is 5.34. The lowest BCUT2D eigenvalue weighted by atomic mass is 10.0. The van der Waals surface area contributed by atoms with Crippen LogP contribution in [0.25, 0.3) is 0 Å². The van der Waals surface area contributed by atoms with E-state index in [9.17, 15) is 0 Å². The highest BCUT2D eigenvalue weighted by Gasteiger charge is 2.24. The van der Waals surface area contributed by atoms with Crippen molar-refractivity contribution in [1.82, 2.24) is 5.32 Å². The second-order valence-corrected chi connectivity index (χ2v) is 5.63. The van der Waals surface area contributed by atoms with Crippen molar-refractivity contribution in [3.05, 3.63) is 21.9 Å². The Morgan fingerprint density at radius 2 is 2.38 bits per heavy atom. The van der Waals surface area contributed by atoms with Crippen LogP contribution in [0.5, 0.6) is 0 Å². The molecule has 2 atom stereocenters. The molecule has 1 aliphatic carbocycles. The zero-order valence-corrected chi connectivity index (χ0v) is 10.5. The van der Waals surface area contributed by atoms with Gasteiger partial charge in [0, 0.05) is 17.5 Å². The maximum Gasteiger partial charge on any atom is 0.110 e. The molecule has 16 heavy (non-hydrogen) atoms. The van der Waals surface area contributed by atoms with Crippen LogP contribution in [0.3, 0.4) is 0 Å². The summed E-state index contributed by atoms with van der Waals surface area (Å²) in [7, 11) is 0. The second kappa shape index (κ2) is 5.47. The molecule has 0 bridgehead atoms. The lowest BCUT2D eigenvalue weighted by Gasteiger charge is -2.19. The molecule has 0 saturated heterocycles. The van der Waals surface area contributed by atoms with Crippen molar-refractivity contribution in [2.45, 2.75) is 45.2 Å². The Morgan fingerprint density at radius 1 is 1.50 bits per heavy atom. The standard InChI is InChI=1S/C13H18N2S/c1-2-10-4-3-5-13(10)15-9-12-7-6-11(8-14)16-12/h6-7,10,13,15H,2-5,9H2,1H3. The van der Waals surface area contributed by atoms with E-state index in [1.165, 1.54) is 30.6 Å². The molecule has 1 aromatic heterocycles. The average Bonchev–Trinajstić information content (AvgIpc) is 2.94. The Bertz CT molecular complexity index is 378.